The lowest BCUT2D eigenvalue weighted by molar-refractivity contribution is 0.0211. The lowest BCUT2D eigenvalue weighted by Gasteiger charge is -2.24. The minimum absolute atomic E-state index is 0.0341. The molecule has 1 atom stereocenters. The first kappa shape index (κ1) is 23.3. The van der Waals surface area contributed by atoms with Gasteiger partial charge in [-0.3, -0.25) is 14.3 Å². The number of morpholine rings is 1. The third kappa shape index (κ3) is 4.75. The Morgan fingerprint density at radius 3 is 2.83 bits per heavy atom. The summed E-state index contributed by atoms with van der Waals surface area (Å²) in [6.07, 6.45) is 5.79. The SMILES string of the molecule is CNc1ncc2cc(-c3cccc(-c4cncc(C)n4)c3Cl)c(=O)n(CCC3CNCCO3)c2n1. The van der Waals surface area contributed by atoms with Crippen LogP contribution in [0.4, 0.5) is 5.95 Å². The molecule has 1 aliphatic rings. The Morgan fingerprint density at radius 1 is 1.20 bits per heavy atom. The maximum Gasteiger partial charge on any atom is 0.260 e. The van der Waals surface area contributed by atoms with Crippen LogP contribution in [-0.4, -0.2) is 57.4 Å². The second kappa shape index (κ2) is 10.1. The number of nitrogens with zero attached hydrogens (tertiary/aromatic N) is 5. The molecule has 0 aliphatic carbocycles. The van der Waals surface area contributed by atoms with E-state index in [2.05, 4.69) is 30.6 Å². The second-order valence-electron chi connectivity index (χ2n) is 8.44. The number of rotatable bonds is 6. The predicted octanol–water partition coefficient (Wildman–Crippen LogP) is 3.30. The fraction of sp³-hybridized carbons (Fsp3) is 0.320. The number of hydrogen-bond acceptors (Lipinski definition) is 8. The summed E-state index contributed by atoms with van der Waals surface area (Å²) >= 11 is 6.87. The highest BCUT2D eigenvalue weighted by molar-refractivity contribution is 6.36. The number of fused-ring (bicyclic) bond motifs is 1. The van der Waals surface area contributed by atoms with Crippen LogP contribution >= 0.6 is 11.6 Å². The van der Waals surface area contributed by atoms with Crippen LogP contribution in [0.5, 0.6) is 0 Å². The smallest absolute Gasteiger partial charge is 0.260 e. The van der Waals surface area contributed by atoms with Crippen LogP contribution in [0.1, 0.15) is 12.1 Å². The van der Waals surface area contributed by atoms with Gasteiger partial charge in [0, 0.05) is 61.2 Å². The van der Waals surface area contributed by atoms with Crippen molar-refractivity contribution in [1.29, 1.82) is 0 Å². The van der Waals surface area contributed by atoms with Gasteiger partial charge in [-0.25, -0.2) is 9.97 Å². The fourth-order valence-corrected chi connectivity index (χ4v) is 4.61. The molecule has 3 aromatic heterocycles. The van der Waals surface area contributed by atoms with Gasteiger partial charge in [-0.15, -0.1) is 0 Å². The first-order valence-corrected chi connectivity index (χ1v) is 11.9. The Hall–Kier alpha value is -3.40. The maximum atomic E-state index is 13.8. The van der Waals surface area contributed by atoms with Gasteiger partial charge < -0.3 is 15.4 Å². The van der Waals surface area contributed by atoms with Gasteiger partial charge in [0.15, 0.2) is 0 Å². The molecule has 5 rings (SSSR count). The van der Waals surface area contributed by atoms with E-state index in [1.54, 1.807) is 36.3 Å². The van der Waals surface area contributed by atoms with E-state index in [1.165, 1.54) is 0 Å². The second-order valence-corrected chi connectivity index (χ2v) is 8.81. The number of aromatic nitrogens is 5. The molecule has 4 aromatic rings. The Kier molecular flexibility index (Phi) is 6.72. The van der Waals surface area contributed by atoms with Crippen LogP contribution in [0.2, 0.25) is 5.02 Å². The van der Waals surface area contributed by atoms with E-state index in [0.717, 1.165) is 29.7 Å². The summed E-state index contributed by atoms with van der Waals surface area (Å²) in [7, 11) is 1.75. The zero-order valence-corrected chi connectivity index (χ0v) is 20.3. The molecule has 2 N–H and O–H groups in total. The minimum Gasteiger partial charge on any atom is -0.376 e. The Labute approximate surface area is 207 Å². The standard InChI is InChI=1S/C25H26ClN7O2/c1-15-11-29-14-21(31-15)19-5-3-4-18(22(19)26)20-10-16-12-30-25(27-2)32-23(16)33(24(20)34)8-6-17-13-28-7-9-35-17/h3-5,10-12,14,17,28H,6-9,13H2,1-2H3,(H,27,30,32). The van der Waals surface area contributed by atoms with Crippen molar-refractivity contribution >= 4 is 28.6 Å². The van der Waals surface area contributed by atoms with Crippen LogP contribution in [0.3, 0.4) is 0 Å². The van der Waals surface area contributed by atoms with Crippen molar-refractivity contribution in [3.63, 3.8) is 0 Å². The lowest BCUT2D eigenvalue weighted by atomic mass is 10.0. The van der Waals surface area contributed by atoms with Crippen LogP contribution in [0.25, 0.3) is 33.4 Å². The molecule has 0 spiro atoms. The van der Waals surface area contributed by atoms with Crippen molar-refractivity contribution in [1.82, 2.24) is 29.8 Å². The number of benzene rings is 1. The minimum atomic E-state index is -0.170. The topological polar surface area (TPSA) is 107 Å². The molecule has 1 aliphatic heterocycles. The van der Waals surface area contributed by atoms with Crippen molar-refractivity contribution in [2.24, 2.45) is 0 Å². The monoisotopic (exact) mass is 491 g/mol. The van der Waals surface area contributed by atoms with E-state index in [9.17, 15) is 4.79 Å². The number of nitrogens with one attached hydrogen (secondary N) is 2. The van der Waals surface area contributed by atoms with E-state index < -0.39 is 0 Å². The van der Waals surface area contributed by atoms with Crippen LogP contribution in [0, 0.1) is 6.92 Å². The van der Waals surface area contributed by atoms with E-state index in [1.807, 2.05) is 25.1 Å². The highest BCUT2D eigenvalue weighted by Gasteiger charge is 2.20. The first-order chi connectivity index (χ1) is 17.0. The van der Waals surface area contributed by atoms with Crippen molar-refractivity contribution in [2.45, 2.75) is 26.0 Å². The Bertz CT molecular complexity index is 1430. The molecule has 180 valence electrons. The Balaban J connectivity index is 1.64. The van der Waals surface area contributed by atoms with Crippen molar-refractivity contribution < 1.29 is 4.74 Å². The molecule has 0 radical (unpaired) electrons. The van der Waals surface area contributed by atoms with E-state index in [-0.39, 0.29) is 11.7 Å². The van der Waals surface area contributed by atoms with Crippen molar-refractivity contribution in [2.75, 3.05) is 32.1 Å². The van der Waals surface area contributed by atoms with Gasteiger partial charge >= 0.3 is 0 Å². The van der Waals surface area contributed by atoms with Gasteiger partial charge in [0.25, 0.3) is 5.56 Å². The van der Waals surface area contributed by atoms with Gasteiger partial charge in [0.05, 0.1) is 35.3 Å². The van der Waals surface area contributed by atoms with Crippen LogP contribution in [-0.2, 0) is 11.3 Å². The summed E-state index contributed by atoms with van der Waals surface area (Å²) < 4.78 is 7.54. The quantitative estimate of drug-likeness (QED) is 0.423. The molecule has 1 fully saturated rings. The van der Waals surface area contributed by atoms with Gasteiger partial charge in [0.1, 0.15) is 5.65 Å². The maximum absolute atomic E-state index is 13.8. The Morgan fingerprint density at radius 2 is 2.06 bits per heavy atom. The van der Waals surface area contributed by atoms with E-state index >= 15 is 0 Å². The molecular formula is C25H26ClN7O2. The normalized spacial score (nSPS) is 15.9. The number of hydrogen-bond donors (Lipinski definition) is 2. The molecule has 1 aromatic carbocycles. The summed E-state index contributed by atoms with van der Waals surface area (Å²) in [5.74, 6) is 0.451. The van der Waals surface area contributed by atoms with Gasteiger partial charge in [0.2, 0.25) is 5.95 Å². The summed E-state index contributed by atoms with van der Waals surface area (Å²) in [5.41, 5.74) is 3.66. The molecular weight excluding hydrogens is 466 g/mol. The van der Waals surface area contributed by atoms with Gasteiger partial charge in [-0.1, -0.05) is 29.8 Å². The zero-order valence-electron chi connectivity index (χ0n) is 19.6. The largest absolute Gasteiger partial charge is 0.376 e. The number of pyridine rings is 1. The molecule has 0 saturated carbocycles. The van der Waals surface area contributed by atoms with E-state index in [4.69, 9.17) is 16.3 Å². The summed E-state index contributed by atoms with van der Waals surface area (Å²) in [6.45, 7) is 4.59. The first-order valence-electron chi connectivity index (χ1n) is 11.5. The average Bonchev–Trinajstić information content (AvgIpc) is 2.88. The molecule has 35 heavy (non-hydrogen) atoms. The van der Waals surface area contributed by atoms with Crippen LogP contribution < -0.4 is 16.2 Å². The number of ether oxygens (including phenoxy) is 1. The van der Waals surface area contributed by atoms with Crippen LogP contribution in [0.15, 0.2) is 47.7 Å². The third-order valence-electron chi connectivity index (χ3n) is 6.05. The predicted molar refractivity (Wildman–Crippen MR) is 137 cm³/mol. The zero-order chi connectivity index (χ0) is 24.4. The molecule has 0 amide bonds. The number of halogens is 1. The molecule has 9 nitrogen and oxygen atoms in total. The highest BCUT2D eigenvalue weighted by atomic mass is 35.5. The van der Waals surface area contributed by atoms with E-state index in [0.29, 0.717) is 53.0 Å². The summed E-state index contributed by atoms with van der Waals surface area (Å²) in [4.78, 5) is 31.6. The van der Waals surface area contributed by atoms with Gasteiger partial charge in [-0.2, -0.15) is 4.98 Å². The summed E-state index contributed by atoms with van der Waals surface area (Å²) in [5, 5.41) is 7.48. The van der Waals surface area contributed by atoms with Gasteiger partial charge in [-0.05, 0) is 19.4 Å². The fourth-order valence-electron chi connectivity index (χ4n) is 4.29. The highest BCUT2D eigenvalue weighted by Crippen LogP contribution is 2.35. The average molecular weight is 492 g/mol. The number of aryl methyl sites for hydroxylation is 2. The molecule has 1 saturated heterocycles. The third-order valence-corrected chi connectivity index (χ3v) is 6.46. The van der Waals surface area contributed by atoms with Crippen molar-refractivity contribution in [3.8, 4) is 22.4 Å². The summed E-state index contributed by atoms with van der Waals surface area (Å²) in [6, 6.07) is 7.40. The lowest BCUT2D eigenvalue weighted by Crippen LogP contribution is -2.39. The number of anilines is 1. The molecule has 4 heterocycles. The van der Waals surface area contributed by atoms with Crippen molar-refractivity contribution in [3.05, 3.63) is 63.9 Å². The molecule has 0 bridgehead atoms. The molecule has 10 heteroatoms. The molecule has 1 unspecified atom stereocenters.